The van der Waals surface area contributed by atoms with Crippen molar-refractivity contribution in [1.82, 2.24) is 8.87 Å². The highest BCUT2D eigenvalue weighted by Gasteiger charge is 2.40. The molecule has 132 valence electrons. The third-order valence-electron chi connectivity index (χ3n) is 4.34. The Labute approximate surface area is 154 Å². The lowest BCUT2D eigenvalue weighted by Gasteiger charge is -2.07. The summed E-state index contributed by atoms with van der Waals surface area (Å²) in [5.41, 5.74) is 0.995. The Balaban J connectivity index is 1.94. The van der Waals surface area contributed by atoms with E-state index in [1.807, 2.05) is 0 Å². The fourth-order valence-electron chi connectivity index (χ4n) is 2.98. The molecule has 6 nitrogen and oxygen atoms in total. The SMILES string of the molecule is CN1C(=O)SC(c2cn(S(=O)(=O)c3ccccc3)c3ccccc23)C1=O. The number of rotatable bonds is 3. The number of carbonyl (C=O) groups is 2. The molecule has 2 amide bonds. The van der Waals surface area contributed by atoms with Gasteiger partial charge in [-0.25, -0.2) is 12.4 Å². The molecule has 4 rings (SSSR count). The third-order valence-corrected chi connectivity index (χ3v) is 7.19. The second kappa shape index (κ2) is 6.00. The number of imide groups is 1. The van der Waals surface area contributed by atoms with Gasteiger partial charge in [0.1, 0.15) is 5.25 Å². The van der Waals surface area contributed by atoms with Crippen LogP contribution in [0.15, 0.2) is 65.7 Å². The lowest BCUT2D eigenvalue weighted by atomic mass is 10.1. The molecule has 1 fully saturated rings. The number of aromatic nitrogens is 1. The molecular formula is C18H14N2O4S2. The van der Waals surface area contributed by atoms with Gasteiger partial charge >= 0.3 is 0 Å². The van der Waals surface area contributed by atoms with Gasteiger partial charge < -0.3 is 0 Å². The van der Waals surface area contributed by atoms with E-state index >= 15 is 0 Å². The van der Waals surface area contributed by atoms with Crippen LogP contribution in [0.2, 0.25) is 0 Å². The van der Waals surface area contributed by atoms with Crippen molar-refractivity contribution in [2.45, 2.75) is 10.1 Å². The van der Waals surface area contributed by atoms with Crippen molar-refractivity contribution in [2.75, 3.05) is 7.05 Å². The molecule has 2 heterocycles. The van der Waals surface area contributed by atoms with E-state index in [2.05, 4.69) is 0 Å². The molecule has 0 bridgehead atoms. The number of nitrogens with zero attached hydrogens (tertiary/aromatic N) is 2. The molecular weight excluding hydrogens is 372 g/mol. The first-order valence-corrected chi connectivity index (χ1v) is 10.1. The first-order valence-electron chi connectivity index (χ1n) is 7.80. The number of hydrogen-bond acceptors (Lipinski definition) is 5. The number of amides is 2. The molecule has 26 heavy (non-hydrogen) atoms. The largest absolute Gasteiger partial charge is 0.289 e. The molecule has 1 aromatic heterocycles. The maximum atomic E-state index is 13.1. The van der Waals surface area contributed by atoms with Crippen molar-refractivity contribution < 1.29 is 18.0 Å². The highest BCUT2D eigenvalue weighted by Crippen LogP contribution is 2.42. The highest BCUT2D eigenvalue weighted by molar-refractivity contribution is 8.15. The van der Waals surface area contributed by atoms with Gasteiger partial charge in [0.05, 0.1) is 10.4 Å². The quantitative estimate of drug-likeness (QED) is 0.691. The summed E-state index contributed by atoms with van der Waals surface area (Å²) in [5.74, 6) is -0.347. The molecule has 0 radical (unpaired) electrons. The zero-order valence-corrected chi connectivity index (χ0v) is 15.3. The number of benzene rings is 2. The normalized spacial score (nSPS) is 18.0. The number of hydrogen-bond donors (Lipinski definition) is 0. The van der Waals surface area contributed by atoms with Crippen LogP contribution in [0.1, 0.15) is 10.8 Å². The van der Waals surface area contributed by atoms with Crippen LogP contribution in [0.4, 0.5) is 4.79 Å². The van der Waals surface area contributed by atoms with Gasteiger partial charge in [-0.2, -0.15) is 0 Å². The first-order chi connectivity index (χ1) is 12.4. The number of likely N-dealkylation sites (N-methyl/N-ethyl adjacent to an activating group) is 1. The molecule has 1 aliphatic rings. The van der Waals surface area contributed by atoms with E-state index < -0.39 is 15.3 Å². The molecule has 1 aliphatic heterocycles. The predicted molar refractivity (Wildman–Crippen MR) is 99.5 cm³/mol. The van der Waals surface area contributed by atoms with Crippen LogP contribution in [0, 0.1) is 0 Å². The molecule has 2 aromatic carbocycles. The molecule has 0 N–H and O–H groups in total. The lowest BCUT2D eigenvalue weighted by Crippen LogP contribution is -2.24. The molecule has 1 unspecified atom stereocenters. The number of carbonyl (C=O) groups excluding carboxylic acids is 2. The van der Waals surface area contributed by atoms with E-state index in [0.29, 0.717) is 16.5 Å². The summed E-state index contributed by atoms with van der Waals surface area (Å²) in [4.78, 5) is 25.5. The zero-order chi connectivity index (χ0) is 18.5. The summed E-state index contributed by atoms with van der Waals surface area (Å²) in [7, 11) is -2.39. The topological polar surface area (TPSA) is 76.5 Å². The van der Waals surface area contributed by atoms with Gasteiger partial charge in [-0.15, -0.1) is 0 Å². The molecule has 1 atom stereocenters. The van der Waals surface area contributed by atoms with Gasteiger partial charge in [0.25, 0.3) is 15.3 Å². The standard InChI is InChI=1S/C18H14N2O4S2/c1-19-17(21)16(25-18(19)22)14-11-20(15-10-6-5-9-13(14)15)26(23,24)12-7-3-2-4-8-12/h2-11,16H,1H3. The van der Waals surface area contributed by atoms with Gasteiger partial charge in [0, 0.05) is 24.2 Å². The van der Waals surface area contributed by atoms with E-state index in [4.69, 9.17) is 0 Å². The molecule has 3 aromatic rings. The van der Waals surface area contributed by atoms with E-state index in [1.54, 1.807) is 42.5 Å². The van der Waals surface area contributed by atoms with Crippen LogP contribution in [0.3, 0.4) is 0 Å². The van der Waals surface area contributed by atoms with E-state index in [0.717, 1.165) is 16.7 Å². The molecule has 0 aliphatic carbocycles. The summed E-state index contributed by atoms with van der Waals surface area (Å²) in [6.07, 6.45) is 1.45. The van der Waals surface area contributed by atoms with Crippen molar-refractivity contribution >= 4 is 43.8 Å². The Bertz CT molecular complexity index is 1140. The minimum atomic E-state index is -3.82. The Hall–Kier alpha value is -2.58. The number of fused-ring (bicyclic) bond motifs is 1. The van der Waals surface area contributed by atoms with Gasteiger partial charge in [0.15, 0.2) is 0 Å². The fraction of sp³-hybridized carbons (Fsp3) is 0.111. The maximum Gasteiger partial charge on any atom is 0.289 e. The second-order valence-corrected chi connectivity index (χ2v) is 8.75. The monoisotopic (exact) mass is 386 g/mol. The van der Waals surface area contributed by atoms with Gasteiger partial charge in [0.2, 0.25) is 5.91 Å². The average Bonchev–Trinajstić information content (AvgIpc) is 3.16. The van der Waals surface area contributed by atoms with E-state index in [-0.39, 0.29) is 16.0 Å². The van der Waals surface area contributed by atoms with Crippen molar-refractivity contribution in [3.05, 3.63) is 66.4 Å². The summed E-state index contributed by atoms with van der Waals surface area (Å²) >= 11 is 0.899. The van der Waals surface area contributed by atoms with Crippen molar-refractivity contribution in [1.29, 1.82) is 0 Å². The summed E-state index contributed by atoms with van der Waals surface area (Å²) in [6.45, 7) is 0. The molecule has 1 saturated heterocycles. The van der Waals surface area contributed by atoms with Crippen LogP contribution in [0.25, 0.3) is 10.9 Å². The summed E-state index contributed by atoms with van der Waals surface area (Å²) in [5, 5.41) is -0.451. The molecule has 0 spiro atoms. The number of para-hydroxylation sites is 1. The minimum Gasteiger partial charge on any atom is -0.275 e. The predicted octanol–water partition coefficient (Wildman–Crippen LogP) is 3.24. The van der Waals surface area contributed by atoms with Gasteiger partial charge in [-0.3, -0.25) is 14.5 Å². The third kappa shape index (κ3) is 2.45. The van der Waals surface area contributed by atoms with Crippen LogP contribution >= 0.6 is 11.8 Å². The van der Waals surface area contributed by atoms with Crippen molar-refractivity contribution in [3.63, 3.8) is 0 Å². The van der Waals surface area contributed by atoms with Gasteiger partial charge in [-0.05, 0) is 30.0 Å². The van der Waals surface area contributed by atoms with Crippen molar-refractivity contribution in [2.24, 2.45) is 0 Å². The Kier molecular flexibility index (Phi) is 3.89. The lowest BCUT2D eigenvalue weighted by molar-refractivity contribution is -0.125. The van der Waals surface area contributed by atoms with Crippen LogP contribution in [0.5, 0.6) is 0 Å². The smallest absolute Gasteiger partial charge is 0.275 e. The Morgan fingerprint density at radius 2 is 1.62 bits per heavy atom. The van der Waals surface area contributed by atoms with Crippen LogP contribution in [-0.4, -0.2) is 35.5 Å². The second-order valence-electron chi connectivity index (χ2n) is 5.88. The summed E-state index contributed by atoms with van der Waals surface area (Å²) < 4.78 is 27.3. The van der Waals surface area contributed by atoms with Crippen LogP contribution < -0.4 is 0 Å². The molecule has 8 heteroatoms. The fourth-order valence-corrected chi connectivity index (χ4v) is 5.40. The van der Waals surface area contributed by atoms with Crippen LogP contribution in [-0.2, 0) is 14.8 Å². The average molecular weight is 386 g/mol. The maximum absolute atomic E-state index is 13.1. The van der Waals surface area contributed by atoms with Crippen molar-refractivity contribution in [3.8, 4) is 0 Å². The zero-order valence-electron chi connectivity index (χ0n) is 13.7. The number of thioether (sulfide) groups is 1. The summed E-state index contributed by atoms with van der Waals surface area (Å²) in [6, 6.07) is 15.1. The first kappa shape index (κ1) is 16.9. The Morgan fingerprint density at radius 1 is 0.962 bits per heavy atom. The molecule has 0 saturated carbocycles. The minimum absolute atomic E-state index is 0.158. The Morgan fingerprint density at radius 3 is 2.27 bits per heavy atom. The van der Waals surface area contributed by atoms with E-state index in [9.17, 15) is 18.0 Å². The van der Waals surface area contributed by atoms with Gasteiger partial charge in [-0.1, -0.05) is 36.4 Å². The van der Waals surface area contributed by atoms with E-state index in [1.165, 1.54) is 29.3 Å². The highest BCUT2D eigenvalue weighted by atomic mass is 32.2.